The van der Waals surface area contributed by atoms with Crippen LogP contribution in [-0.4, -0.2) is 31.4 Å². The summed E-state index contributed by atoms with van der Waals surface area (Å²) in [5.41, 5.74) is -0.483. The van der Waals surface area contributed by atoms with E-state index >= 15 is 0 Å². The zero-order chi connectivity index (χ0) is 19.3. The lowest BCUT2D eigenvalue weighted by Crippen LogP contribution is -2.41. The summed E-state index contributed by atoms with van der Waals surface area (Å²) in [6, 6.07) is 1.19. The van der Waals surface area contributed by atoms with E-state index in [-0.39, 0.29) is 0 Å². The lowest BCUT2D eigenvalue weighted by molar-refractivity contribution is 0.00578. The first kappa shape index (κ1) is 19.0. The molecule has 0 radical (unpaired) electrons. The highest BCUT2D eigenvalue weighted by Crippen LogP contribution is 2.42. The normalized spacial score (nSPS) is 21.0. The Morgan fingerprint density at radius 3 is 2.38 bits per heavy atom. The van der Waals surface area contributed by atoms with Crippen molar-refractivity contribution in [1.29, 1.82) is 0 Å². The Morgan fingerprint density at radius 1 is 1.19 bits per heavy atom. The van der Waals surface area contributed by atoms with Gasteiger partial charge in [-0.3, -0.25) is 0 Å². The molecule has 2 aliphatic rings. The molecule has 0 saturated carbocycles. The van der Waals surface area contributed by atoms with Gasteiger partial charge in [-0.1, -0.05) is 6.08 Å². The van der Waals surface area contributed by atoms with Crippen LogP contribution in [0.5, 0.6) is 0 Å². The van der Waals surface area contributed by atoms with E-state index in [9.17, 15) is 13.6 Å². The van der Waals surface area contributed by atoms with E-state index in [0.717, 1.165) is 7.11 Å². The summed E-state index contributed by atoms with van der Waals surface area (Å²) in [4.78, 5) is 11.8. The highest BCUT2D eigenvalue weighted by atomic mass is 19.1. The molecule has 0 spiro atoms. The van der Waals surface area contributed by atoms with Gasteiger partial charge >= 0.3 is 13.1 Å². The molecule has 1 aromatic rings. The second-order valence-electron chi connectivity index (χ2n) is 7.71. The molecule has 1 aliphatic heterocycles. The molecule has 0 aromatic heterocycles. The van der Waals surface area contributed by atoms with Gasteiger partial charge in [-0.25, -0.2) is 13.6 Å². The van der Waals surface area contributed by atoms with Gasteiger partial charge in [-0.05, 0) is 69.6 Å². The van der Waals surface area contributed by atoms with Crippen molar-refractivity contribution < 1.29 is 27.6 Å². The molecule has 0 atom stereocenters. The summed E-state index contributed by atoms with van der Waals surface area (Å²) in [6.45, 7) is 7.69. The minimum Gasteiger partial charge on any atom is -0.465 e. The van der Waals surface area contributed by atoms with Crippen molar-refractivity contribution in [3.05, 3.63) is 40.5 Å². The van der Waals surface area contributed by atoms with Crippen molar-refractivity contribution >= 4 is 18.6 Å². The number of hydrogen-bond donors (Lipinski definition) is 0. The van der Waals surface area contributed by atoms with Gasteiger partial charge in [0.1, 0.15) is 17.2 Å². The van der Waals surface area contributed by atoms with Gasteiger partial charge < -0.3 is 14.0 Å². The molecular weight excluding hydrogens is 341 g/mol. The molecule has 0 N–H and O–H groups in total. The molecule has 1 aliphatic carbocycles. The fourth-order valence-corrected chi connectivity index (χ4v) is 3.29. The van der Waals surface area contributed by atoms with Gasteiger partial charge in [-0.2, -0.15) is 0 Å². The van der Waals surface area contributed by atoms with Crippen LogP contribution in [0.1, 0.15) is 62.0 Å². The maximum atomic E-state index is 14.9. The van der Waals surface area contributed by atoms with E-state index < -0.39 is 41.5 Å². The summed E-state index contributed by atoms with van der Waals surface area (Å²) in [5, 5.41) is 0. The zero-order valence-corrected chi connectivity index (χ0v) is 15.7. The number of carbonyl (C=O) groups is 1. The van der Waals surface area contributed by atoms with E-state index in [1.54, 1.807) is 0 Å². The molecule has 0 unspecified atom stereocenters. The summed E-state index contributed by atoms with van der Waals surface area (Å²) < 4.78 is 46.1. The Balaban J connectivity index is 2.10. The summed E-state index contributed by atoms with van der Waals surface area (Å²) in [7, 11) is 0.377. The van der Waals surface area contributed by atoms with Crippen molar-refractivity contribution in [1.82, 2.24) is 0 Å². The van der Waals surface area contributed by atoms with Gasteiger partial charge in [0.25, 0.3) is 0 Å². The first-order chi connectivity index (χ1) is 12.1. The molecule has 3 rings (SSSR count). The Bertz CT molecular complexity index is 770. The van der Waals surface area contributed by atoms with Gasteiger partial charge in [0.05, 0.1) is 18.3 Å². The highest BCUT2D eigenvalue weighted by molar-refractivity contribution is 6.69. The van der Waals surface area contributed by atoms with Crippen LogP contribution < -0.4 is 0 Å². The van der Waals surface area contributed by atoms with E-state index in [1.807, 2.05) is 33.8 Å². The highest BCUT2D eigenvalue weighted by Gasteiger charge is 2.53. The van der Waals surface area contributed by atoms with Crippen LogP contribution in [0.2, 0.25) is 0 Å². The molecule has 7 heteroatoms. The van der Waals surface area contributed by atoms with Gasteiger partial charge in [0.15, 0.2) is 0 Å². The molecule has 1 fully saturated rings. The minimum atomic E-state index is -1.02. The average molecular weight is 364 g/mol. The largest absolute Gasteiger partial charge is 0.495 e. The van der Waals surface area contributed by atoms with Crippen molar-refractivity contribution in [2.24, 2.45) is 0 Å². The molecule has 0 bridgehead atoms. The quantitative estimate of drug-likeness (QED) is 0.586. The molecule has 4 nitrogen and oxygen atoms in total. The lowest BCUT2D eigenvalue weighted by Gasteiger charge is -2.32. The number of carbonyl (C=O) groups excluding carboxylic acids is 1. The Hall–Kier alpha value is -1.73. The van der Waals surface area contributed by atoms with Crippen LogP contribution in [0, 0.1) is 11.6 Å². The van der Waals surface area contributed by atoms with E-state index in [4.69, 9.17) is 9.31 Å². The second-order valence-corrected chi connectivity index (χ2v) is 7.71. The third-order valence-corrected chi connectivity index (χ3v) is 5.52. The monoisotopic (exact) mass is 364 g/mol. The standard InChI is InChI=1S/C19H23BF2O4/c1-18(2)19(3,4)26-20(25-18)13-9-7-6-8-11-12(13)10-14(21)15(16(11)22)17(23)24-5/h9-10H,6-8H2,1-5H3. The number of rotatable bonds is 2. The molecule has 1 aromatic carbocycles. The predicted octanol–water partition coefficient (Wildman–Crippen LogP) is 4.10. The number of esters is 1. The van der Waals surface area contributed by atoms with Crippen molar-refractivity contribution in [2.75, 3.05) is 7.11 Å². The van der Waals surface area contributed by atoms with E-state index in [1.165, 1.54) is 6.07 Å². The molecule has 26 heavy (non-hydrogen) atoms. The van der Waals surface area contributed by atoms with Gasteiger partial charge in [0, 0.05) is 0 Å². The molecule has 1 saturated heterocycles. The van der Waals surface area contributed by atoms with E-state index in [2.05, 4.69) is 4.74 Å². The zero-order valence-electron chi connectivity index (χ0n) is 15.7. The van der Waals surface area contributed by atoms with Crippen molar-refractivity contribution in [3.8, 4) is 0 Å². The van der Waals surface area contributed by atoms with Crippen molar-refractivity contribution in [2.45, 2.75) is 58.2 Å². The van der Waals surface area contributed by atoms with Crippen molar-refractivity contribution in [3.63, 3.8) is 0 Å². The first-order valence-electron chi connectivity index (χ1n) is 8.74. The fourth-order valence-electron chi connectivity index (χ4n) is 3.29. The topological polar surface area (TPSA) is 44.8 Å². The number of hydrogen-bond acceptors (Lipinski definition) is 4. The molecule has 140 valence electrons. The summed E-state index contributed by atoms with van der Waals surface area (Å²) in [5.74, 6) is -2.83. The minimum absolute atomic E-state index is 0.297. The number of methoxy groups -OCH3 is 1. The van der Waals surface area contributed by atoms with E-state index in [0.29, 0.717) is 35.9 Å². The third kappa shape index (κ3) is 2.97. The predicted molar refractivity (Wildman–Crippen MR) is 94.7 cm³/mol. The number of fused-ring (bicyclic) bond motifs is 1. The smallest absolute Gasteiger partial charge is 0.465 e. The van der Waals surface area contributed by atoms with Crippen LogP contribution in [0.15, 0.2) is 12.1 Å². The number of ether oxygens (including phenoxy) is 1. The Labute approximate surface area is 152 Å². The van der Waals surface area contributed by atoms with Crippen LogP contribution in [0.25, 0.3) is 5.47 Å². The average Bonchev–Trinajstić information content (AvgIpc) is 2.69. The van der Waals surface area contributed by atoms with Crippen LogP contribution in [0.3, 0.4) is 0 Å². The number of halogens is 2. The Kier molecular flexibility index (Phi) is 4.73. The number of benzene rings is 1. The number of allylic oxidation sites excluding steroid dienone is 1. The summed E-state index contributed by atoms with van der Waals surface area (Å²) >= 11 is 0. The fraction of sp³-hybridized carbons (Fsp3) is 0.526. The first-order valence-corrected chi connectivity index (χ1v) is 8.74. The summed E-state index contributed by atoms with van der Waals surface area (Å²) in [6.07, 6.45) is 3.66. The third-order valence-electron chi connectivity index (χ3n) is 5.52. The Morgan fingerprint density at radius 2 is 1.81 bits per heavy atom. The molecule has 1 heterocycles. The lowest BCUT2D eigenvalue weighted by atomic mass is 9.72. The maximum Gasteiger partial charge on any atom is 0.495 e. The van der Waals surface area contributed by atoms with Crippen LogP contribution in [0.4, 0.5) is 8.78 Å². The molecular formula is C19H23BF2O4. The van der Waals surface area contributed by atoms with Gasteiger partial charge in [-0.15, -0.1) is 0 Å². The molecule has 0 amide bonds. The SMILES string of the molecule is COC(=O)c1c(F)cc2c(c1F)CCCC=C2B1OC(C)(C)C(C)(C)O1. The van der Waals surface area contributed by atoms with Gasteiger partial charge in [0.2, 0.25) is 0 Å². The van der Waals surface area contributed by atoms with Crippen LogP contribution >= 0.6 is 0 Å². The second kappa shape index (κ2) is 6.46. The van der Waals surface area contributed by atoms with Crippen LogP contribution in [-0.2, 0) is 20.5 Å². The maximum absolute atomic E-state index is 14.9.